The number of rotatable bonds is 2. The van der Waals surface area contributed by atoms with Crippen molar-refractivity contribution in [3.63, 3.8) is 0 Å². The van der Waals surface area contributed by atoms with Crippen LogP contribution >= 0.6 is 0 Å². The van der Waals surface area contributed by atoms with E-state index >= 15 is 0 Å². The molecule has 1 aliphatic carbocycles. The molecule has 3 nitrogen and oxygen atoms in total. The van der Waals surface area contributed by atoms with E-state index in [9.17, 15) is 4.79 Å². The SMILES string of the molecule is NCC1c2ccccc2CC1C(=O)O. The second-order valence-corrected chi connectivity index (χ2v) is 3.69. The van der Waals surface area contributed by atoms with Crippen molar-refractivity contribution < 1.29 is 9.90 Å². The fraction of sp³-hybridized carbons (Fsp3) is 0.364. The smallest absolute Gasteiger partial charge is 0.307 e. The van der Waals surface area contributed by atoms with Crippen molar-refractivity contribution in [2.24, 2.45) is 11.7 Å². The quantitative estimate of drug-likeness (QED) is 0.732. The molecule has 14 heavy (non-hydrogen) atoms. The molecule has 1 aromatic carbocycles. The molecule has 2 atom stereocenters. The van der Waals surface area contributed by atoms with Gasteiger partial charge in [-0.05, 0) is 17.5 Å². The molecule has 0 amide bonds. The molecule has 1 aliphatic rings. The van der Waals surface area contributed by atoms with Gasteiger partial charge >= 0.3 is 5.97 Å². The van der Waals surface area contributed by atoms with Crippen molar-refractivity contribution in [2.45, 2.75) is 12.3 Å². The summed E-state index contributed by atoms with van der Waals surface area (Å²) in [4.78, 5) is 11.0. The van der Waals surface area contributed by atoms with Crippen LogP contribution < -0.4 is 5.73 Å². The van der Waals surface area contributed by atoms with Crippen LogP contribution in [0.5, 0.6) is 0 Å². The highest BCUT2D eigenvalue weighted by molar-refractivity contribution is 5.73. The molecule has 3 heteroatoms. The van der Waals surface area contributed by atoms with Gasteiger partial charge in [-0.25, -0.2) is 0 Å². The van der Waals surface area contributed by atoms with Gasteiger partial charge in [0.1, 0.15) is 0 Å². The molecule has 0 heterocycles. The number of carbonyl (C=O) groups is 1. The van der Waals surface area contributed by atoms with Crippen LogP contribution in [0.15, 0.2) is 24.3 Å². The average Bonchev–Trinajstić information content (AvgIpc) is 2.56. The van der Waals surface area contributed by atoms with Gasteiger partial charge in [0.2, 0.25) is 0 Å². The minimum atomic E-state index is -0.739. The molecule has 0 aromatic heterocycles. The van der Waals surface area contributed by atoms with E-state index < -0.39 is 5.97 Å². The number of carboxylic acids is 1. The van der Waals surface area contributed by atoms with E-state index in [0.717, 1.165) is 11.1 Å². The Kier molecular flexibility index (Phi) is 2.25. The van der Waals surface area contributed by atoms with E-state index in [2.05, 4.69) is 0 Å². The van der Waals surface area contributed by atoms with Crippen molar-refractivity contribution in [3.05, 3.63) is 35.4 Å². The van der Waals surface area contributed by atoms with E-state index in [1.807, 2.05) is 24.3 Å². The lowest BCUT2D eigenvalue weighted by Crippen LogP contribution is -2.24. The number of hydrogen-bond acceptors (Lipinski definition) is 2. The topological polar surface area (TPSA) is 63.3 Å². The maximum absolute atomic E-state index is 11.0. The van der Waals surface area contributed by atoms with Crippen molar-refractivity contribution in [2.75, 3.05) is 6.54 Å². The van der Waals surface area contributed by atoms with Gasteiger partial charge in [-0.3, -0.25) is 4.79 Å². The van der Waals surface area contributed by atoms with Crippen LogP contribution in [0.2, 0.25) is 0 Å². The summed E-state index contributed by atoms with van der Waals surface area (Å²) in [5.74, 6) is -1.09. The van der Waals surface area contributed by atoms with E-state index in [1.54, 1.807) is 0 Å². The number of aliphatic carboxylic acids is 1. The molecule has 1 aromatic rings. The summed E-state index contributed by atoms with van der Waals surface area (Å²) in [6.45, 7) is 0.411. The van der Waals surface area contributed by atoms with Gasteiger partial charge in [0.05, 0.1) is 5.92 Å². The molecule has 74 valence electrons. The van der Waals surface area contributed by atoms with Crippen LogP contribution in [0.1, 0.15) is 17.0 Å². The molecule has 0 radical (unpaired) electrons. The monoisotopic (exact) mass is 191 g/mol. The number of nitrogens with two attached hydrogens (primary N) is 1. The van der Waals surface area contributed by atoms with E-state index in [0.29, 0.717) is 13.0 Å². The van der Waals surface area contributed by atoms with Crippen LogP contribution in [0, 0.1) is 5.92 Å². The Morgan fingerprint density at radius 3 is 2.86 bits per heavy atom. The first-order valence-electron chi connectivity index (χ1n) is 4.74. The summed E-state index contributed by atoms with van der Waals surface area (Å²) in [5.41, 5.74) is 7.86. The fourth-order valence-electron chi connectivity index (χ4n) is 2.23. The van der Waals surface area contributed by atoms with Crippen LogP contribution in [0.3, 0.4) is 0 Å². The Morgan fingerprint density at radius 2 is 2.21 bits per heavy atom. The van der Waals surface area contributed by atoms with Crippen LogP contribution in [-0.2, 0) is 11.2 Å². The van der Waals surface area contributed by atoms with Crippen molar-refractivity contribution in [3.8, 4) is 0 Å². The molecule has 2 unspecified atom stereocenters. The Hall–Kier alpha value is -1.35. The first-order valence-corrected chi connectivity index (χ1v) is 4.74. The number of hydrogen-bond donors (Lipinski definition) is 2. The molecular weight excluding hydrogens is 178 g/mol. The molecule has 2 rings (SSSR count). The Morgan fingerprint density at radius 1 is 1.50 bits per heavy atom. The lowest BCUT2D eigenvalue weighted by atomic mass is 9.93. The minimum absolute atomic E-state index is 0.0105. The van der Waals surface area contributed by atoms with E-state index in [-0.39, 0.29) is 11.8 Å². The predicted octanol–water partition coefficient (Wildman–Crippen LogP) is 0.986. The van der Waals surface area contributed by atoms with Gasteiger partial charge in [0.25, 0.3) is 0 Å². The minimum Gasteiger partial charge on any atom is -0.481 e. The summed E-state index contributed by atoms with van der Waals surface area (Å²) in [6.07, 6.45) is 0.618. The zero-order valence-corrected chi connectivity index (χ0v) is 7.81. The highest BCUT2D eigenvalue weighted by Crippen LogP contribution is 2.37. The number of fused-ring (bicyclic) bond motifs is 1. The van der Waals surface area contributed by atoms with Gasteiger partial charge < -0.3 is 10.8 Å². The van der Waals surface area contributed by atoms with Crippen molar-refractivity contribution >= 4 is 5.97 Å². The zero-order chi connectivity index (χ0) is 10.1. The molecule has 0 aliphatic heterocycles. The fourth-order valence-corrected chi connectivity index (χ4v) is 2.23. The molecule has 0 spiro atoms. The predicted molar refractivity (Wildman–Crippen MR) is 53.1 cm³/mol. The second-order valence-electron chi connectivity index (χ2n) is 3.69. The highest BCUT2D eigenvalue weighted by atomic mass is 16.4. The van der Waals surface area contributed by atoms with Crippen LogP contribution in [-0.4, -0.2) is 17.6 Å². The summed E-state index contributed by atoms with van der Waals surface area (Å²) in [6, 6.07) is 7.85. The first-order chi connectivity index (χ1) is 6.74. The third kappa shape index (κ3) is 1.30. The highest BCUT2D eigenvalue weighted by Gasteiger charge is 2.35. The molecule has 3 N–H and O–H groups in total. The largest absolute Gasteiger partial charge is 0.481 e. The second kappa shape index (κ2) is 3.42. The van der Waals surface area contributed by atoms with Crippen molar-refractivity contribution in [1.29, 1.82) is 0 Å². The van der Waals surface area contributed by atoms with Crippen LogP contribution in [0.4, 0.5) is 0 Å². The summed E-state index contributed by atoms with van der Waals surface area (Å²) < 4.78 is 0. The van der Waals surface area contributed by atoms with E-state index in [1.165, 1.54) is 0 Å². The third-order valence-electron chi connectivity index (χ3n) is 2.95. The zero-order valence-electron chi connectivity index (χ0n) is 7.81. The molecular formula is C11H13NO2. The Bertz CT molecular complexity index is 362. The van der Waals surface area contributed by atoms with E-state index in [4.69, 9.17) is 10.8 Å². The van der Waals surface area contributed by atoms with Gasteiger partial charge in [-0.1, -0.05) is 24.3 Å². The molecule has 0 fully saturated rings. The third-order valence-corrected chi connectivity index (χ3v) is 2.95. The Labute approximate surface area is 82.5 Å². The molecule has 0 saturated carbocycles. The normalized spacial score (nSPS) is 24.6. The van der Waals surface area contributed by atoms with Gasteiger partial charge in [-0.2, -0.15) is 0 Å². The maximum Gasteiger partial charge on any atom is 0.307 e. The lowest BCUT2D eigenvalue weighted by Gasteiger charge is -2.13. The Balaban J connectivity index is 2.38. The van der Waals surface area contributed by atoms with Gasteiger partial charge in [-0.15, -0.1) is 0 Å². The standard InChI is InChI=1S/C11H13NO2/c12-6-10-8-4-2-1-3-7(8)5-9(10)11(13)14/h1-4,9-10H,5-6,12H2,(H,13,14). The number of carboxylic acid groups (broad SMARTS) is 1. The van der Waals surface area contributed by atoms with Gasteiger partial charge in [0, 0.05) is 12.5 Å². The maximum atomic E-state index is 11.0. The number of benzene rings is 1. The summed E-state index contributed by atoms with van der Waals surface area (Å²) >= 11 is 0. The van der Waals surface area contributed by atoms with Crippen LogP contribution in [0.25, 0.3) is 0 Å². The lowest BCUT2D eigenvalue weighted by molar-refractivity contribution is -0.142. The average molecular weight is 191 g/mol. The van der Waals surface area contributed by atoms with Gasteiger partial charge in [0.15, 0.2) is 0 Å². The first kappa shape index (κ1) is 9.21. The summed E-state index contributed by atoms with van der Waals surface area (Å²) in [7, 11) is 0. The summed E-state index contributed by atoms with van der Waals surface area (Å²) in [5, 5.41) is 9.03. The molecule has 0 saturated heterocycles. The van der Waals surface area contributed by atoms with Crippen molar-refractivity contribution in [1.82, 2.24) is 0 Å². The molecule has 0 bridgehead atoms.